The lowest BCUT2D eigenvalue weighted by atomic mass is 10.0. The Morgan fingerprint density at radius 1 is 0.943 bits per heavy atom. The first-order valence-corrected chi connectivity index (χ1v) is 12.0. The summed E-state index contributed by atoms with van der Waals surface area (Å²) in [5.41, 5.74) is 4.40. The van der Waals surface area contributed by atoms with Crippen LogP contribution in [0.25, 0.3) is 0 Å². The number of benzene rings is 3. The van der Waals surface area contributed by atoms with Crippen molar-refractivity contribution < 1.29 is 26.4 Å². The third-order valence-corrected chi connectivity index (χ3v) is 7.38. The Labute approximate surface area is 200 Å². The summed E-state index contributed by atoms with van der Waals surface area (Å²) in [4.78, 5) is 5.71. The molecule has 3 aromatic rings. The van der Waals surface area contributed by atoms with Gasteiger partial charge in [-0.3, -0.25) is 10.3 Å². The molecule has 0 fully saturated rings. The van der Waals surface area contributed by atoms with Crippen LogP contribution >= 0.6 is 0 Å². The average molecular weight is 500 g/mol. The van der Waals surface area contributed by atoms with Crippen molar-refractivity contribution in [2.24, 2.45) is 0 Å². The van der Waals surface area contributed by atoms with E-state index in [0.29, 0.717) is 23.2 Å². The van der Waals surface area contributed by atoms with Crippen LogP contribution in [0.15, 0.2) is 83.4 Å². The molecule has 35 heavy (non-hydrogen) atoms. The summed E-state index contributed by atoms with van der Waals surface area (Å²) in [7, 11) is -3.93. The zero-order chi connectivity index (χ0) is 25.0. The van der Waals surface area contributed by atoms with Gasteiger partial charge in [-0.15, -0.1) is 0 Å². The van der Waals surface area contributed by atoms with E-state index < -0.39 is 33.6 Å². The monoisotopic (exact) mass is 499 g/mol. The van der Waals surface area contributed by atoms with E-state index in [2.05, 4.69) is 5.48 Å². The molecule has 0 bridgehead atoms. The van der Waals surface area contributed by atoms with E-state index in [1.165, 1.54) is 28.6 Å². The Balaban J connectivity index is 1.48. The molecule has 1 aliphatic rings. The van der Waals surface area contributed by atoms with Crippen LogP contribution in [0.3, 0.4) is 0 Å². The van der Waals surface area contributed by atoms with E-state index in [1.807, 2.05) is 0 Å². The molecule has 10 heteroatoms. The number of sulfonamides is 1. The number of hydrogen-bond acceptors (Lipinski definition) is 5. The number of nitrogens with one attached hydrogen (secondary N) is 1. The van der Waals surface area contributed by atoms with Crippen molar-refractivity contribution in [3.05, 3.63) is 113 Å². The number of hydrogen-bond donors (Lipinski definition) is 1. The molecular formula is C25H20F3N3O3S. The van der Waals surface area contributed by atoms with Crippen LogP contribution in [-0.4, -0.2) is 25.8 Å². The highest BCUT2D eigenvalue weighted by atomic mass is 32.2. The number of halogens is 3. The van der Waals surface area contributed by atoms with Gasteiger partial charge in [-0.2, -0.15) is 9.57 Å². The van der Waals surface area contributed by atoms with Crippen LogP contribution in [0.5, 0.6) is 0 Å². The number of nitriles is 1. The number of nitrogens with zero attached hydrogens (tertiary/aromatic N) is 2. The third-order valence-electron chi connectivity index (χ3n) is 5.52. The Morgan fingerprint density at radius 2 is 1.54 bits per heavy atom. The lowest BCUT2D eigenvalue weighted by molar-refractivity contribution is 0.0109. The topological polar surface area (TPSA) is 82.4 Å². The minimum Gasteiger partial charge on any atom is -0.270 e. The fourth-order valence-corrected chi connectivity index (χ4v) is 5.01. The largest absolute Gasteiger partial charge is 0.270 e. The van der Waals surface area contributed by atoms with Crippen molar-refractivity contribution in [1.29, 1.82) is 5.26 Å². The average Bonchev–Trinajstić information content (AvgIpc) is 2.86. The SMILES string of the molecule is N#Cc1cc(S(=O)(=O)N2CC=C(NOC(c3ccc(F)cc3)c3ccc(F)cc3)CC2)ccc1F. The molecule has 1 aliphatic heterocycles. The van der Waals surface area contributed by atoms with Crippen LogP contribution in [0.2, 0.25) is 0 Å². The first-order chi connectivity index (χ1) is 16.8. The lowest BCUT2D eigenvalue weighted by Gasteiger charge is -2.27. The van der Waals surface area contributed by atoms with Crippen LogP contribution in [0, 0.1) is 28.8 Å². The molecule has 3 aromatic carbocycles. The fourth-order valence-electron chi connectivity index (χ4n) is 3.60. The third kappa shape index (κ3) is 5.54. The van der Waals surface area contributed by atoms with Crippen LogP contribution in [0.4, 0.5) is 13.2 Å². The molecular weight excluding hydrogens is 479 g/mol. The summed E-state index contributed by atoms with van der Waals surface area (Å²) in [5, 5.41) is 8.98. The summed E-state index contributed by atoms with van der Waals surface area (Å²) in [5.74, 6) is -1.59. The first kappa shape index (κ1) is 24.5. The zero-order valence-electron chi connectivity index (χ0n) is 18.3. The molecule has 0 aromatic heterocycles. The molecule has 0 aliphatic carbocycles. The van der Waals surface area contributed by atoms with Crippen LogP contribution < -0.4 is 5.48 Å². The molecule has 0 saturated heterocycles. The lowest BCUT2D eigenvalue weighted by Crippen LogP contribution is -2.37. The molecule has 0 atom stereocenters. The molecule has 4 rings (SSSR count). The van der Waals surface area contributed by atoms with Crippen molar-refractivity contribution in [2.45, 2.75) is 17.4 Å². The maximum Gasteiger partial charge on any atom is 0.243 e. The minimum atomic E-state index is -3.93. The maximum absolute atomic E-state index is 13.6. The van der Waals surface area contributed by atoms with Crippen molar-refractivity contribution in [2.75, 3.05) is 13.1 Å². The van der Waals surface area contributed by atoms with Gasteiger partial charge >= 0.3 is 0 Å². The Bertz CT molecular complexity index is 1340. The van der Waals surface area contributed by atoms with E-state index in [4.69, 9.17) is 10.1 Å². The summed E-state index contributed by atoms with van der Waals surface area (Å²) >= 11 is 0. The van der Waals surface area contributed by atoms with E-state index >= 15 is 0 Å². The quantitative estimate of drug-likeness (QED) is 0.482. The van der Waals surface area contributed by atoms with Gasteiger partial charge in [0.2, 0.25) is 10.0 Å². The molecule has 0 saturated carbocycles. The zero-order valence-corrected chi connectivity index (χ0v) is 19.1. The second-order valence-corrected chi connectivity index (χ2v) is 9.74. The molecule has 6 nitrogen and oxygen atoms in total. The van der Waals surface area contributed by atoms with Crippen molar-refractivity contribution >= 4 is 10.0 Å². The predicted octanol–water partition coefficient (Wildman–Crippen LogP) is 4.56. The van der Waals surface area contributed by atoms with Gasteiger partial charge in [-0.1, -0.05) is 24.3 Å². The smallest absolute Gasteiger partial charge is 0.243 e. The van der Waals surface area contributed by atoms with Crippen LogP contribution in [-0.2, 0) is 14.9 Å². The van der Waals surface area contributed by atoms with E-state index in [0.717, 1.165) is 18.2 Å². The van der Waals surface area contributed by atoms with Gasteiger partial charge < -0.3 is 0 Å². The maximum atomic E-state index is 13.6. The second-order valence-electron chi connectivity index (χ2n) is 7.80. The highest BCUT2D eigenvalue weighted by Crippen LogP contribution is 2.27. The molecule has 0 unspecified atom stereocenters. The van der Waals surface area contributed by atoms with Crippen molar-refractivity contribution in [3.63, 3.8) is 0 Å². The predicted molar refractivity (Wildman–Crippen MR) is 121 cm³/mol. The fraction of sp³-hybridized carbons (Fsp3) is 0.160. The Kier molecular flexibility index (Phi) is 7.21. The van der Waals surface area contributed by atoms with Gasteiger partial charge in [0.1, 0.15) is 29.6 Å². The summed E-state index contributed by atoms with van der Waals surface area (Å²) in [6, 6.07) is 16.2. The first-order valence-electron chi connectivity index (χ1n) is 10.6. The van der Waals surface area contributed by atoms with Crippen LogP contribution in [0.1, 0.15) is 29.2 Å². The standard InChI is InChI=1S/C25H20F3N3O3S/c26-20-5-1-17(2-6-20)25(18-3-7-21(27)8-4-18)34-30-22-11-13-31(14-12-22)35(32,33)23-9-10-24(28)19(15-23)16-29/h1-11,15,25,30H,12-14H2. The highest BCUT2D eigenvalue weighted by molar-refractivity contribution is 7.89. The van der Waals surface area contributed by atoms with Crippen molar-refractivity contribution in [1.82, 2.24) is 9.79 Å². The van der Waals surface area contributed by atoms with E-state index in [1.54, 1.807) is 36.4 Å². The molecule has 1 heterocycles. The summed E-state index contributed by atoms with van der Waals surface area (Å²) < 4.78 is 67.4. The van der Waals surface area contributed by atoms with Gasteiger partial charge in [0.25, 0.3) is 0 Å². The summed E-state index contributed by atoms with van der Waals surface area (Å²) in [6.07, 6.45) is 1.26. The van der Waals surface area contributed by atoms with Gasteiger partial charge in [0.05, 0.1) is 10.5 Å². The minimum absolute atomic E-state index is 0.0328. The molecule has 0 spiro atoms. The highest BCUT2D eigenvalue weighted by Gasteiger charge is 2.27. The molecule has 1 N–H and O–H groups in total. The van der Waals surface area contributed by atoms with Gasteiger partial charge in [0.15, 0.2) is 0 Å². The van der Waals surface area contributed by atoms with E-state index in [-0.39, 0.29) is 23.5 Å². The van der Waals surface area contributed by atoms with Gasteiger partial charge in [0, 0.05) is 25.2 Å². The normalized spacial score (nSPS) is 14.4. The van der Waals surface area contributed by atoms with E-state index in [9.17, 15) is 21.6 Å². The van der Waals surface area contributed by atoms with Gasteiger partial charge in [-0.25, -0.2) is 21.6 Å². The molecule has 180 valence electrons. The molecule has 0 radical (unpaired) electrons. The Morgan fingerprint density at radius 3 is 2.06 bits per heavy atom. The molecule has 0 amide bonds. The van der Waals surface area contributed by atoms with Gasteiger partial charge in [-0.05, 0) is 59.7 Å². The van der Waals surface area contributed by atoms with Crippen molar-refractivity contribution in [3.8, 4) is 6.07 Å². The summed E-state index contributed by atoms with van der Waals surface area (Å²) in [6.45, 7) is 0.159. The Hall–Kier alpha value is -3.65. The number of hydroxylamine groups is 1. The second kappa shape index (κ2) is 10.3. The number of rotatable bonds is 7.